The Hall–Kier alpha value is -3.13. The second kappa shape index (κ2) is 6.06. The third-order valence-corrected chi connectivity index (χ3v) is 4.44. The fourth-order valence-corrected chi connectivity index (χ4v) is 3.13. The van der Waals surface area contributed by atoms with Gasteiger partial charge in [0.05, 0.1) is 35.6 Å². The fraction of sp³-hybridized carbons (Fsp3) is 0.250. The Kier molecular flexibility index (Phi) is 3.73. The quantitative estimate of drug-likeness (QED) is 0.654. The first-order valence-electron chi connectivity index (χ1n) is 8.41. The molecular formula is C20H18N4O. The second-order valence-corrected chi connectivity index (χ2v) is 6.20. The highest BCUT2D eigenvalue weighted by atomic mass is 16.5. The van der Waals surface area contributed by atoms with Crippen LogP contribution in [0.2, 0.25) is 0 Å². The molecule has 25 heavy (non-hydrogen) atoms. The molecule has 0 unspecified atom stereocenters. The van der Waals surface area contributed by atoms with E-state index in [0.717, 1.165) is 35.0 Å². The van der Waals surface area contributed by atoms with Crippen LogP contribution in [-0.4, -0.2) is 21.4 Å². The van der Waals surface area contributed by atoms with Crippen molar-refractivity contribution in [3.8, 4) is 17.3 Å². The maximum Gasteiger partial charge on any atom is 0.139 e. The SMILES string of the molecule is C=C(OCC)c1cc(-c2cc3ccc(C#N)cc3n2C2CC2)cnn1. The van der Waals surface area contributed by atoms with Crippen molar-refractivity contribution in [3.05, 3.63) is 54.4 Å². The second-order valence-electron chi connectivity index (χ2n) is 6.20. The minimum absolute atomic E-state index is 0.480. The lowest BCUT2D eigenvalue weighted by Gasteiger charge is -2.11. The molecule has 5 heteroatoms. The van der Waals surface area contributed by atoms with Gasteiger partial charge in [-0.1, -0.05) is 12.6 Å². The molecular weight excluding hydrogens is 312 g/mol. The van der Waals surface area contributed by atoms with Gasteiger partial charge in [0.25, 0.3) is 0 Å². The Morgan fingerprint density at radius 1 is 1.36 bits per heavy atom. The summed E-state index contributed by atoms with van der Waals surface area (Å²) >= 11 is 0. The summed E-state index contributed by atoms with van der Waals surface area (Å²) in [4.78, 5) is 0. The molecule has 4 rings (SSSR count). The van der Waals surface area contributed by atoms with E-state index in [0.29, 0.717) is 29.7 Å². The van der Waals surface area contributed by atoms with Crippen LogP contribution in [0, 0.1) is 11.3 Å². The molecule has 0 bridgehead atoms. The number of hydrogen-bond acceptors (Lipinski definition) is 4. The first-order valence-corrected chi connectivity index (χ1v) is 8.41. The molecule has 1 aliphatic rings. The predicted molar refractivity (Wildman–Crippen MR) is 96.6 cm³/mol. The van der Waals surface area contributed by atoms with Crippen molar-refractivity contribution in [1.82, 2.24) is 14.8 Å². The molecule has 0 saturated heterocycles. The lowest BCUT2D eigenvalue weighted by molar-refractivity contribution is 0.297. The zero-order valence-electron chi connectivity index (χ0n) is 14.1. The summed E-state index contributed by atoms with van der Waals surface area (Å²) < 4.78 is 7.78. The van der Waals surface area contributed by atoms with Crippen LogP contribution in [0.25, 0.3) is 27.9 Å². The van der Waals surface area contributed by atoms with E-state index in [1.54, 1.807) is 6.20 Å². The molecule has 0 aliphatic heterocycles. The minimum atomic E-state index is 0.480. The van der Waals surface area contributed by atoms with Crippen molar-refractivity contribution in [1.29, 1.82) is 5.26 Å². The van der Waals surface area contributed by atoms with Crippen molar-refractivity contribution in [2.75, 3.05) is 6.61 Å². The Balaban J connectivity index is 1.87. The third-order valence-electron chi connectivity index (χ3n) is 4.44. The van der Waals surface area contributed by atoms with Gasteiger partial charge in [0, 0.05) is 17.0 Å². The van der Waals surface area contributed by atoms with Gasteiger partial charge >= 0.3 is 0 Å². The van der Waals surface area contributed by atoms with Crippen LogP contribution >= 0.6 is 0 Å². The normalized spacial score (nSPS) is 13.6. The standard InChI is InChI=1S/C20H18N4O/c1-3-25-13(2)18-9-16(12-22-23-18)20-10-15-5-4-14(11-21)8-19(15)24(20)17-6-7-17/h4-5,8-10,12,17H,2-3,6-7H2,1H3. The molecule has 0 radical (unpaired) electrons. The maximum atomic E-state index is 9.21. The molecule has 1 fully saturated rings. The van der Waals surface area contributed by atoms with E-state index in [-0.39, 0.29) is 0 Å². The highest BCUT2D eigenvalue weighted by molar-refractivity contribution is 5.88. The van der Waals surface area contributed by atoms with Crippen LogP contribution in [0.3, 0.4) is 0 Å². The summed E-state index contributed by atoms with van der Waals surface area (Å²) in [6.07, 6.45) is 4.08. The molecule has 2 heterocycles. The Labute approximate surface area is 146 Å². The molecule has 124 valence electrons. The summed E-state index contributed by atoms with van der Waals surface area (Å²) in [5.41, 5.74) is 4.49. The van der Waals surface area contributed by atoms with Crippen molar-refractivity contribution in [3.63, 3.8) is 0 Å². The summed E-state index contributed by atoms with van der Waals surface area (Å²) in [5, 5.41) is 18.6. The van der Waals surface area contributed by atoms with Gasteiger partial charge in [-0.3, -0.25) is 0 Å². The third kappa shape index (κ3) is 2.76. The molecule has 1 aliphatic carbocycles. The van der Waals surface area contributed by atoms with Gasteiger partial charge in [0.2, 0.25) is 0 Å². The lowest BCUT2D eigenvalue weighted by Crippen LogP contribution is -2.00. The van der Waals surface area contributed by atoms with Crippen LogP contribution < -0.4 is 0 Å². The van der Waals surface area contributed by atoms with E-state index in [2.05, 4.69) is 33.5 Å². The molecule has 0 spiro atoms. The van der Waals surface area contributed by atoms with Crippen LogP contribution in [0.5, 0.6) is 0 Å². The van der Waals surface area contributed by atoms with E-state index < -0.39 is 0 Å². The fourth-order valence-electron chi connectivity index (χ4n) is 3.13. The Morgan fingerprint density at radius 3 is 2.92 bits per heavy atom. The molecule has 0 N–H and O–H groups in total. The highest BCUT2D eigenvalue weighted by Crippen LogP contribution is 2.42. The molecule has 3 aromatic rings. The Bertz CT molecular complexity index is 1010. The van der Waals surface area contributed by atoms with Crippen LogP contribution in [-0.2, 0) is 4.74 Å². The van der Waals surface area contributed by atoms with Gasteiger partial charge in [-0.05, 0) is 44.0 Å². The van der Waals surface area contributed by atoms with Crippen LogP contribution in [0.15, 0.2) is 43.1 Å². The van der Waals surface area contributed by atoms with Crippen LogP contribution in [0.1, 0.15) is 37.1 Å². The largest absolute Gasteiger partial charge is 0.492 e. The van der Waals surface area contributed by atoms with Gasteiger partial charge < -0.3 is 9.30 Å². The first kappa shape index (κ1) is 15.4. The maximum absolute atomic E-state index is 9.21. The van der Waals surface area contributed by atoms with Gasteiger partial charge in [-0.2, -0.15) is 10.4 Å². The number of aromatic nitrogens is 3. The Morgan fingerprint density at radius 2 is 2.20 bits per heavy atom. The summed E-state index contributed by atoms with van der Waals surface area (Å²) in [5.74, 6) is 0.526. The molecule has 0 atom stereocenters. The number of benzene rings is 1. The van der Waals surface area contributed by atoms with Crippen molar-refractivity contribution < 1.29 is 4.74 Å². The lowest BCUT2D eigenvalue weighted by atomic mass is 10.1. The summed E-state index contributed by atoms with van der Waals surface area (Å²) in [7, 11) is 0. The van der Waals surface area contributed by atoms with Gasteiger partial charge in [-0.15, -0.1) is 5.10 Å². The molecule has 1 aromatic carbocycles. The smallest absolute Gasteiger partial charge is 0.139 e. The minimum Gasteiger partial charge on any atom is -0.492 e. The van der Waals surface area contributed by atoms with E-state index in [1.165, 1.54) is 0 Å². The van der Waals surface area contributed by atoms with Crippen molar-refractivity contribution in [2.24, 2.45) is 0 Å². The average Bonchev–Trinajstić information content (AvgIpc) is 3.41. The number of rotatable bonds is 5. The van der Waals surface area contributed by atoms with Gasteiger partial charge in [0.15, 0.2) is 0 Å². The number of nitrogens with zero attached hydrogens (tertiary/aromatic N) is 4. The first-order chi connectivity index (χ1) is 12.2. The monoisotopic (exact) mass is 330 g/mol. The molecule has 1 saturated carbocycles. The number of nitriles is 1. The summed E-state index contributed by atoms with van der Waals surface area (Å²) in [6.45, 7) is 6.38. The topological polar surface area (TPSA) is 63.7 Å². The molecule has 5 nitrogen and oxygen atoms in total. The van der Waals surface area contributed by atoms with Gasteiger partial charge in [-0.25, -0.2) is 0 Å². The van der Waals surface area contributed by atoms with Crippen LogP contribution in [0.4, 0.5) is 0 Å². The van der Waals surface area contributed by atoms with Crippen molar-refractivity contribution >= 4 is 16.7 Å². The average molecular weight is 330 g/mol. The summed E-state index contributed by atoms with van der Waals surface area (Å²) in [6, 6.07) is 12.6. The van der Waals surface area contributed by atoms with E-state index in [1.807, 2.05) is 31.2 Å². The zero-order valence-corrected chi connectivity index (χ0v) is 14.1. The predicted octanol–water partition coefficient (Wildman–Crippen LogP) is 4.31. The van der Waals surface area contributed by atoms with E-state index >= 15 is 0 Å². The number of ether oxygens (including phenoxy) is 1. The van der Waals surface area contributed by atoms with E-state index in [9.17, 15) is 5.26 Å². The van der Waals surface area contributed by atoms with E-state index in [4.69, 9.17) is 4.74 Å². The molecule has 0 amide bonds. The molecule has 2 aromatic heterocycles. The zero-order chi connectivity index (χ0) is 17.4. The number of fused-ring (bicyclic) bond motifs is 1. The number of hydrogen-bond donors (Lipinski definition) is 0. The van der Waals surface area contributed by atoms with Gasteiger partial charge in [0.1, 0.15) is 11.5 Å². The van der Waals surface area contributed by atoms with Crippen molar-refractivity contribution in [2.45, 2.75) is 25.8 Å². The highest BCUT2D eigenvalue weighted by Gasteiger charge is 2.28.